The van der Waals surface area contributed by atoms with Crippen LogP contribution < -0.4 is 10.5 Å². The summed E-state index contributed by atoms with van der Waals surface area (Å²) in [5, 5.41) is 0. The van der Waals surface area contributed by atoms with Gasteiger partial charge in [0.15, 0.2) is 0 Å². The molecule has 0 unspecified atom stereocenters. The number of hydrogen-bond acceptors (Lipinski definition) is 3. The molecule has 3 N–H and O–H groups in total. The second kappa shape index (κ2) is 5.83. The molecule has 0 saturated carbocycles. The molecule has 0 atom stereocenters. The summed E-state index contributed by atoms with van der Waals surface area (Å²) in [5.41, 5.74) is 8.38. The predicted octanol–water partition coefficient (Wildman–Crippen LogP) is 2.74. The first-order valence-electron chi connectivity index (χ1n) is 6.29. The third-order valence-electron chi connectivity index (χ3n) is 3.05. The van der Waals surface area contributed by atoms with Gasteiger partial charge >= 0.3 is 0 Å². The fourth-order valence-corrected chi connectivity index (χ4v) is 3.35. The Bertz CT molecular complexity index is 782. The summed E-state index contributed by atoms with van der Waals surface area (Å²) >= 11 is 4.89. The molecular weight excluding hydrogens is 304 g/mol. The van der Waals surface area contributed by atoms with Crippen molar-refractivity contribution >= 4 is 32.9 Å². The molecule has 0 aromatic heterocycles. The maximum atomic E-state index is 12.4. The van der Waals surface area contributed by atoms with Gasteiger partial charge in [0.2, 0.25) is 0 Å². The van der Waals surface area contributed by atoms with Crippen molar-refractivity contribution < 1.29 is 8.42 Å². The summed E-state index contributed by atoms with van der Waals surface area (Å²) in [6.45, 7) is 3.66. The molecular formula is C15H16N2O2S2. The molecule has 0 saturated heterocycles. The molecule has 0 radical (unpaired) electrons. The van der Waals surface area contributed by atoms with Crippen LogP contribution in [0.2, 0.25) is 0 Å². The first kappa shape index (κ1) is 15.5. The normalized spacial score (nSPS) is 11.1. The van der Waals surface area contributed by atoms with Crippen molar-refractivity contribution in [2.24, 2.45) is 5.73 Å². The summed E-state index contributed by atoms with van der Waals surface area (Å²) in [6.07, 6.45) is 0. The van der Waals surface area contributed by atoms with Crippen molar-refractivity contribution in [1.82, 2.24) is 0 Å². The van der Waals surface area contributed by atoms with Crippen molar-refractivity contribution in [1.29, 1.82) is 0 Å². The fraction of sp³-hybridized carbons (Fsp3) is 0.133. The fourth-order valence-electron chi connectivity index (χ4n) is 1.94. The second-order valence-corrected chi connectivity index (χ2v) is 6.91. The summed E-state index contributed by atoms with van der Waals surface area (Å²) in [6, 6.07) is 11.9. The molecule has 0 aliphatic heterocycles. The smallest absolute Gasteiger partial charge is 0.262 e. The van der Waals surface area contributed by atoms with E-state index < -0.39 is 10.0 Å². The average molecular weight is 320 g/mol. The van der Waals surface area contributed by atoms with Crippen molar-refractivity contribution in [3.8, 4) is 0 Å². The van der Waals surface area contributed by atoms with E-state index in [1.807, 2.05) is 19.1 Å². The number of thiocarbonyl (C=S) groups is 1. The van der Waals surface area contributed by atoms with E-state index in [0.717, 1.165) is 5.56 Å². The molecule has 0 aliphatic rings. The number of anilines is 1. The van der Waals surface area contributed by atoms with Gasteiger partial charge in [-0.05, 0) is 43.7 Å². The van der Waals surface area contributed by atoms with Gasteiger partial charge in [-0.2, -0.15) is 0 Å². The molecule has 110 valence electrons. The minimum atomic E-state index is -3.63. The molecule has 0 spiro atoms. The highest BCUT2D eigenvalue weighted by Crippen LogP contribution is 2.20. The predicted molar refractivity (Wildman–Crippen MR) is 89.1 cm³/mol. The molecule has 0 fully saturated rings. The average Bonchev–Trinajstić information content (AvgIpc) is 2.40. The van der Waals surface area contributed by atoms with Crippen LogP contribution in [0.4, 0.5) is 5.69 Å². The van der Waals surface area contributed by atoms with Crippen LogP contribution in [-0.2, 0) is 10.0 Å². The van der Waals surface area contributed by atoms with Crippen molar-refractivity contribution in [2.75, 3.05) is 4.72 Å². The largest absolute Gasteiger partial charge is 0.389 e. The Kier molecular flexibility index (Phi) is 4.29. The molecule has 2 rings (SSSR count). The van der Waals surface area contributed by atoms with E-state index in [4.69, 9.17) is 18.0 Å². The first-order valence-corrected chi connectivity index (χ1v) is 8.19. The Balaban J connectivity index is 2.35. The van der Waals surface area contributed by atoms with Gasteiger partial charge in [0.1, 0.15) is 4.99 Å². The van der Waals surface area contributed by atoms with Crippen molar-refractivity contribution in [3.63, 3.8) is 0 Å². The molecule has 0 bridgehead atoms. The number of hydrogen-bond donors (Lipinski definition) is 2. The summed E-state index contributed by atoms with van der Waals surface area (Å²) < 4.78 is 27.4. The van der Waals surface area contributed by atoms with Crippen LogP contribution in [0.5, 0.6) is 0 Å². The molecule has 0 aliphatic carbocycles. The Morgan fingerprint density at radius 2 is 1.71 bits per heavy atom. The first-order chi connectivity index (χ1) is 9.79. The highest BCUT2D eigenvalue weighted by Gasteiger charge is 2.17. The lowest BCUT2D eigenvalue weighted by Gasteiger charge is -2.11. The van der Waals surface area contributed by atoms with Crippen molar-refractivity contribution in [3.05, 3.63) is 59.2 Å². The standard InChI is InChI=1S/C15H16N2O2S2/c1-10-3-6-13(7-4-10)17-21(18,19)14-8-5-12(15(16)20)9-11(14)2/h3-9,17H,1-2H3,(H2,16,20). The molecule has 4 nitrogen and oxygen atoms in total. The summed E-state index contributed by atoms with van der Waals surface area (Å²) in [4.78, 5) is 0.455. The third-order valence-corrected chi connectivity index (χ3v) is 4.83. The van der Waals surface area contributed by atoms with E-state index >= 15 is 0 Å². The van der Waals surface area contributed by atoms with Crippen LogP contribution in [0.15, 0.2) is 47.4 Å². The van der Waals surface area contributed by atoms with E-state index in [1.165, 1.54) is 6.07 Å². The minimum Gasteiger partial charge on any atom is -0.389 e. The Morgan fingerprint density at radius 1 is 1.10 bits per heavy atom. The number of rotatable bonds is 4. The Hall–Kier alpha value is -1.92. The molecule has 0 heterocycles. The molecule has 2 aromatic rings. The van der Waals surface area contributed by atoms with Gasteiger partial charge in [-0.15, -0.1) is 0 Å². The zero-order valence-corrected chi connectivity index (χ0v) is 13.4. The highest BCUT2D eigenvalue weighted by molar-refractivity contribution is 7.92. The van der Waals surface area contributed by atoms with Crippen LogP contribution in [0.3, 0.4) is 0 Å². The molecule has 0 amide bonds. The van der Waals surface area contributed by atoms with Crippen LogP contribution in [-0.4, -0.2) is 13.4 Å². The SMILES string of the molecule is Cc1ccc(NS(=O)(=O)c2ccc(C(N)=S)cc2C)cc1. The zero-order valence-electron chi connectivity index (χ0n) is 11.8. The van der Waals surface area contributed by atoms with Crippen LogP contribution >= 0.6 is 12.2 Å². The van der Waals surface area contributed by atoms with Gasteiger partial charge in [0.05, 0.1) is 4.90 Å². The number of aryl methyl sites for hydroxylation is 2. The van der Waals surface area contributed by atoms with E-state index in [9.17, 15) is 8.42 Å². The van der Waals surface area contributed by atoms with Gasteiger partial charge in [-0.3, -0.25) is 4.72 Å². The number of nitrogens with one attached hydrogen (secondary N) is 1. The Morgan fingerprint density at radius 3 is 2.24 bits per heavy atom. The van der Waals surface area contributed by atoms with E-state index in [2.05, 4.69) is 4.72 Å². The minimum absolute atomic E-state index is 0.211. The topological polar surface area (TPSA) is 72.2 Å². The van der Waals surface area contributed by atoms with Crippen LogP contribution in [0.25, 0.3) is 0 Å². The summed E-state index contributed by atoms with van der Waals surface area (Å²) in [5.74, 6) is 0. The number of benzene rings is 2. The monoisotopic (exact) mass is 320 g/mol. The quantitative estimate of drug-likeness (QED) is 0.850. The third kappa shape index (κ3) is 3.59. The lowest BCUT2D eigenvalue weighted by Crippen LogP contribution is -2.15. The highest BCUT2D eigenvalue weighted by atomic mass is 32.2. The van der Waals surface area contributed by atoms with Gasteiger partial charge in [0, 0.05) is 11.3 Å². The van der Waals surface area contributed by atoms with Crippen LogP contribution in [0.1, 0.15) is 16.7 Å². The number of sulfonamides is 1. The molecule has 6 heteroatoms. The maximum absolute atomic E-state index is 12.4. The summed E-state index contributed by atoms with van der Waals surface area (Å²) in [7, 11) is -3.63. The lowest BCUT2D eigenvalue weighted by molar-refractivity contribution is 0.600. The number of nitrogens with two attached hydrogens (primary N) is 1. The maximum Gasteiger partial charge on any atom is 0.262 e. The van der Waals surface area contributed by atoms with E-state index in [0.29, 0.717) is 16.8 Å². The van der Waals surface area contributed by atoms with Gasteiger partial charge in [-0.25, -0.2) is 8.42 Å². The Labute approximate surface area is 130 Å². The molecule has 21 heavy (non-hydrogen) atoms. The van der Waals surface area contributed by atoms with E-state index in [1.54, 1.807) is 31.2 Å². The lowest BCUT2D eigenvalue weighted by atomic mass is 10.1. The second-order valence-electron chi connectivity index (χ2n) is 4.82. The zero-order chi connectivity index (χ0) is 15.6. The van der Waals surface area contributed by atoms with Gasteiger partial charge < -0.3 is 5.73 Å². The molecule has 2 aromatic carbocycles. The van der Waals surface area contributed by atoms with Crippen LogP contribution in [0, 0.1) is 13.8 Å². The van der Waals surface area contributed by atoms with E-state index in [-0.39, 0.29) is 9.88 Å². The van der Waals surface area contributed by atoms with Gasteiger partial charge in [-0.1, -0.05) is 36.0 Å². The van der Waals surface area contributed by atoms with Gasteiger partial charge in [0.25, 0.3) is 10.0 Å². The van der Waals surface area contributed by atoms with Crippen molar-refractivity contribution in [2.45, 2.75) is 18.7 Å².